The van der Waals surface area contributed by atoms with Gasteiger partial charge in [0.15, 0.2) is 4.80 Å². The maximum atomic E-state index is 14.1. The van der Waals surface area contributed by atoms with Gasteiger partial charge in [0, 0.05) is 10.0 Å². The van der Waals surface area contributed by atoms with Gasteiger partial charge >= 0.3 is 0 Å². The molecule has 0 bridgehead atoms. The summed E-state index contributed by atoms with van der Waals surface area (Å²) in [4.78, 5) is 19.9. The van der Waals surface area contributed by atoms with E-state index in [9.17, 15) is 4.79 Å². The Morgan fingerprint density at radius 3 is 2.57 bits per heavy atom. The molecule has 0 fully saturated rings. The zero-order valence-corrected chi connectivity index (χ0v) is 25.3. The second-order valence-electron chi connectivity index (χ2n) is 10.4. The highest BCUT2D eigenvalue weighted by Crippen LogP contribution is 2.41. The van der Waals surface area contributed by atoms with E-state index in [1.807, 2.05) is 71.3 Å². The van der Waals surface area contributed by atoms with Crippen LogP contribution in [0.4, 0.5) is 0 Å². The van der Waals surface area contributed by atoms with Crippen LogP contribution < -0.4 is 24.4 Å². The summed E-state index contributed by atoms with van der Waals surface area (Å²) in [5.74, 6) is 1.54. The Labute approximate surface area is 255 Å². The van der Waals surface area contributed by atoms with Gasteiger partial charge in [0.2, 0.25) is 0 Å². The third kappa shape index (κ3) is 5.03. The summed E-state index contributed by atoms with van der Waals surface area (Å²) in [5.41, 5.74) is 7.64. The van der Waals surface area contributed by atoms with Crippen LogP contribution in [0.1, 0.15) is 40.3 Å². The van der Waals surface area contributed by atoms with E-state index in [1.165, 1.54) is 22.5 Å². The smallest absolute Gasteiger partial charge is 0.271 e. The lowest BCUT2D eigenvalue weighted by Gasteiger charge is -2.30. The molecule has 4 aromatic carbocycles. The van der Waals surface area contributed by atoms with Gasteiger partial charge in [-0.05, 0) is 83.1 Å². The number of hydrogen-bond acceptors (Lipinski definition) is 5. The Morgan fingerprint density at radius 2 is 1.76 bits per heavy atom. The summed E-state index contributed by atoms with van der Waals surface area (Å²) in [5, 5.41) is 0. The largest absolute Gasteiger partial charge is 0.497 e. The standard InChI is InChI=1S/C35H27BrN2O3S/c1-40-27-16-11-25(12-17-27)33-30-18-13-24-6-2-3-8-29(24)32(30)37-35-38(33)34(39)31(42-35)20-23-5-4-7-28(19-23)41-21-22-9-14-26(36)15-10-22/h2-12,14-17,19-20,33H,13,18,21H2,1H3/b31-20+/t33-/m0/s1. The number of methoxy groups -OCH3 is 1. The van der Waals surface area contributed by atoms with Crippen LogP contribution in [0.5, 0.6) is 11.5 Å². The zero-order valence-electron chi connectivity index (χ0n) is 22.9. The van der Waals surface area contributed by atoms with Gasteiger partial charge in [-0.3, -0.25) is 9.36 Å². The summed E-state index contributed by atoms with van der Waals surface area (Å²) in [6.07, 6.45) is 3.72. The molecule has 1 atom stereocenters. The fraction of sp³-hybridized carbons (Fsp3) is 0.143. The third-order valence-electron chi connectivity index (χ3n) is 7.78. The van der Waals surface area contributed by atoms with Crippen LogP contribution in [0.15, 0.2) is 117 Å². The number of ether oxygens (including phenoxy) is 2. The fourth-order valence-electron chi connectivity index (χ4n) is 5.70. The predicted molar refractivity (Wildman–Crippen MR) is 171 cm³/mol. The first-order chi connectivity index (χ1) is 20.6. The summed E-state index contributed by atoms with van der Waals surface area (Å²) >= 11 is 4.91. The van der Waals surface area contributed by atoms with Crippen molar-refractivity contribution in [1.29, 1.82) is 0 Å². The first kappa shape index (κ1) is 26.7. The molecule has 0 saturated carbocycles. The van der Waals surface area contributed by atoms with Gasteiger partial charge in [0.1, 0.15) is 18.1 Å². The topological polar surface area (TPSA) is 52.8 Å². The SMILES string of the molecule is COc1ccc([C@H]2C3=C(N=c4s/c(=C/c5cccc(OCc6ccc(Br)cc6)c5)c(=O)n42)c2ccccc2CC3)cc1. The number of halogens is 1. The van der Waals surface area contributed by atoms with Crippen molar-refractivity contribution in [3.05, 3.63) is 155 Å². The molecular formula is C35H27BrN2O3S. The van der Waals surface area contributed by atoms with Crippen LogP contribution in [-0.4, -0.2) is 11.7 Å². The van der Waals surface area contributed by atoms with Crippen LogP contribution in [0.3, 0.4) is 0 Å². The lowest BCUT2D eigenvalue weighted by Crippen LogP contribution is -2.38. The molecule has 0 spiro atoms. The molecule has 1 aromatic heterocycles. The summed E-state index contributed by atoms with van der Waals surface area (Å²) < 4.78 is 15.0. The quantitative estimate of drug-likeness (QED) is 0.210. The average Bonchev–Trinajstić information content (AvgIpc) is 3.34. The molecule has 208 valence electrons. The van der Waals surface area contributed by atoms with E-state index in [4.69, 9.17) is 14.5 Å². The van der Waals surface area contributed by atoms with E-state index in [0.717, 1.165) is 56.8 Å². The maximum Gasteiger partial charge on any atom is 0.271 e. The van der Waals surface area contributed by atoms with Gasteiger partial charge < -0.3 is 9.47 Å². The Kier molecular flexibility index (Phi) is 7.14. The van der Waals surface area contributed by atoms with Crippen molar-refractivity contribution >= 4 is 39.0 Å². The van der Waals surface area contributed by atoms with Crippen molar-refractivity contribution in [1.82, 2.24) is 4.57 Å². The van der Waals surface area contributed by atoms with Crippen LogP contribution in [0.2, 0.25) is 0 Å². The van der Waals surface area contributed by atoms with Crippen LogP contribution in [-0.2, 0) is 13.0 Å². The molecule has 7 heteroatoms. The number of benzene rings is 4. The Bertz CT molecular complexity index is 2010. The molecule has 1 aliphatic heterocycles. The summed E-state index contributed by atoms with van der Waals surface area (Å²) in [7, 11) is 1.66. The number of aromatic nitrogens is 1. The molecule has 0 saturated heterocycles. The van der Waals surface area contributed by atoms with Crippen molar-refractivity contribution < 1.29 is 9.47 Å². The highest BCUT2D eigenvalue weighted by Gasteiger charge is 2.32. The van der Waals surface area contributed by atoms with Gasteiger partial charge in [-0.25, -0.2) is 4.99 Å². The van der Waals surface area contributed by atoms with E-state index in [1.54, 1.807) is 7.11 Å². The molecule has 2 aliphatic rings. The van der Waals surface area contributed by atoms with E-state index in [-0.39, 0.29) is 11.6 Å². The Balaban J connectivity index is 1.30. The third-order valence-corrected chi connectivity index (χ3v) is 9.29. The minimum Gasteiger partial charge on any atom is -0.497 e. The molecule has 5 aromatic rings. The van der Waals surface area contributed by atoms with Crippen LogP contribution >= 0.6 is 27.3 Å². The first-order valence-electron chi connectivity index (χ1n) is 13.8. The van der Waals surface area contributed by atoms with E-state index < -0.39 is 0 Å². The van der Waals surface area contributed by atoms with E-state index in [2.05, 4.69) is 52.3 Å². The van der Waals surface area contributed by atoms with E-state index >= 15 is 0 Å². The summed E-state index contributed by atoms with van der Waals surface area (Å²) in [6.45, 7) is 0.466. The highest BCUT2D eigenvalue weighted by atomic mass is 79.9. The minimum atomic E-state index is -0.224. The highest BCUT2D eigenvalue weighted by molar-refractivity contribution is 9.10. The Morgan fingerprint density at radius 1 is 0.952 bits per heavy atom. The van der Waals surface area contributed by atoms with Crippen molar-refractivity contribution in [3.63, 3.8) is 0 Å². The molecule has 42 heavy (non-hydrogen) atoms. The summed E-state index contributed by atoms with van der Waals surface area (Å²) in [6, 6.07) is 32.2. The van der Waals surface area contributed by atoms with Gasteiger partial charge in [-0.2, -0.15) is 0 Å². The van der Waals surface area contributed by atoms with Crippen molar-refractivity contribution in [2.45, 2.75) is 25.5 Å². The van der Waals surface area contributed by atoms with Gasteiger partial charge in [0.05, 0.1) is 23.4 Å². The fourth-order valence-corrected chi connectivity index (χ4v) is 6.97. The number of hydrogen-bond donors (Lipinski definition) is 0. The molecule has 0 N–H and O–H groups in total. The molecular weight excluding hydrogens is 608 g/mol. The second kappa shape index (κ2) is 11.2. The molecule has 0 unspecified atom stereocenters. The number of allylic oxidation sites excluding steroid dienone is 1. The number of rotatable bonds is 6. The number of fused-ring (bicyclic) bond motifs is 3. The zero-order chi connectivity index (χ0) is 28.6. The van der Waals surface area contributed by atoms with Crippen LogP contribution in [0, 0.1) is 0 Å². The second-order valence-corrected chi connectivity index (χ2v) is 12.3. The molecule has 5 nitrogen and oxygen atoms in total. The van der Waals surface area contributed by atoms with Gasteiger partial charge in [0.25, 0.3) is 5.56 Å². The average molecular weight is 636 g/mol. The van der Waals surface area contributed by atoms with Gasteiger partial charge in [-0.1, -0.05) is 87.9 Å². The number of aryl methyl sites for hydroxylation is 1. The lowest BCUT2D eigenvalue weighted by molar-refractivity contribution is 0.306. The predicted octanol–water partition coefficient (Wildman–Crippen LogP) is 6.67. The first-order valence-corrected chi connectivity index (χ1v) is 15.4. The molecule has 1 aliphatic carbocycles. The normalized spacial score (nSPS) is 15.9. The lowest BCUT2D eigenvalue weighted by atomic mass is 9.83. The van der Waals surface area contributed by atoms with Crippen molar-refractivity contribution in [2.75, 3.05) is 7.11 Å². The van der Waals surface area contributed by atoms with Gasteiger partial charge in [-0.15, -0.1) is 0 Å². The molecule has 0 amide bonds. The molecule has 7 rings (SSSR count). The van der Waals surface area contributed by atoms with Crippen molar-refractivity contribution in [2.24, 2.45) is 4.99 Å². The number of thiazole rings is 1. The van der Waals surface area contributed by atoms with Crippen LogP contribution in [0.25, 0.3) is 11.8 Å². The minimum absolute atomic E-state index is 0.0360. The Hall–Kier alpha value is -4.20. The molecule has 2 heterocycles. The molecule has 0 radical (unpaired) electrons. The maximum absolute atomic E-state index is 14.1. The van der Waals surface area contributed by atoms with Crippen molar-refractivity contribution in [3.8, 4) is 11.5 Å². The number of nitrogens with zero attached hydrogens (tertiary/aromatic N) is 2. The monoisotopic (exact) mass is 634 g/mol. The van der Waals surface area contributed by atoms with E-state index in [0.29, 0.717) is 15.9 Å².